The zero-order chi connectivity index (χ0) is 18.8. The monoisotopic (exact) mass is 357 g/mol. The number of ketones is 1. The summed E-state index contributed by atoms with van der Waals surface area (Å²) in [5.74, 6) is 0.231. The molecule has 5 nitrogen and oxygen atoms in total. The third-order valence-electron chi connectivity index (χ3n) is 4.24. The first-order valence-corrected chi connectivity index (χ1v) is 8.38. The molecule has 132 valence electrons. The Morgan fingerprint density at radius 2 is 1.85 bits per heavy atom. The molecule has 0 fully saturated rings. The number of Topliss-reactive ketones (excluding diaryl/α,β-unsaturated/α-hetero) is 1. The highest BCUT2D eigenvalue weighted by Gasteiger charge is 2.28. The van der Waals surface area contributed by atoms with Crippen molar-refractivity contribution in [3.05, 3.63) is 95.0 Å². The zero-order valence-corrected chi connectivity index (χ0v) is 14.5. The van der Waals surface area contributed by atoms with Gasteiger partial charge in [-0.25, -0.2) is 4.79 Å². The average Bonchev–Trinajstić information content (AvgIpc) is 2.99. The first-order chi connectivity index (χ1) is 13.1. The molecule has 0 amide bonds. The van der Waals surface area contributed by atoms with E-state index in [1.54, 1.807) is 36.4 Å². The highest BCUT2D eigenvalue weighted by Crippen LogP contribution is 2.35. The number of ether oxygens (including phenoxy) is 2. The molecule has 2 aromatic carbocycles. The fourth-order valence-corrected chi connectivity index (χ4v) is 2.77. The molecule has 5 heteroatoms. The Morgan fingerprint density at radius 3 is 2.63 bits per heavy atom. The van der Waals surface area contributed by atoms with Crippen LogP contribution in [0.2, 0.25) is 0 Å². The Labute approximate surface area is 155 Å². The average molecular weight is 357 g/mol. The lowest BCUT2D eigenvalue weighted by atomic mass is 10.1. The normalized spacial score (nSPS) is 14.0. The SMILES string of the molecule is Cc1ccccc1/C=C1\Oc2cc(OC(=O)c3ccncc3)ccc2C1=O. The van der Waals surface area contributed by atoms with Gasteiger partial charge in [0.2, 0.25) is 5.78 Å². The summed E-state index contributed by atoms with van der Waals surface area (Å²) in [4.78, 5) is 28.6. The number of pyridine rings is 1. The molecule has 0 radical (unpaired) electrons. The van der Waals surface area contributed by atoms with Crippen molar-refractivity contribution < 1.29 is 19.1 Å². The maximum absolute atomic E-state index is 12.6. The third-order valence-corrected chi connectivity index (χ3v) is 4.24. The fourth-order valence-electron chi connectivity index (χ4n) is 2.77. The smallest absolute Gasteiger partial charge is 0.343 e. The van der Waals surface area contributed by atoms with E-state index in [0.717, 1.165) is 11.1 Å². The molecule has 0 N–H and O–H groups in total. The van der Waals surface area contributed by atoms with Gasteiger partial charge in [-0.05, 0) is 48.4 Å². The number of carbonyl (C=O) groups excluding carboxylic acids is 2. The molecule has 1 aliphatic rings. The van der Waals surface area contributed by atoms with Crippen LogP contribution in [0.15, 0.2) is 72.8 Å². The molecule has 0 saturated carbocycles. The number of allylic oxidation sites excluding steroid dienone is 1. The van der Waals surface area contributed by atoms with E-state index in [9.17, 15) is 9.59 Å². The lowest BCUT2D eigenvalue weighted by Crippen LogP contribution is -2.08. The van der Waals surface area contributed by atoms with E-state index >= 15 is 0 Å². The number of benzene rings is 2. The van der Waals surface area contributed by atoms with Crippen molar-refractivity contribution in [2.75, 3.05) is 0 Å². The Hall–Kier alpha value is -3.73. The van der Waals surface area contributed by atoms with Crippen LogP contribution in [-0.2, 0) is 0 Å². The number of hydrogen-bond donors (Lipinski definition) is 0. The quantitative estimate of drug-likeness (QED) is 0.399. The summed E-state index contributed by atoms with van der Waals surface area (Å²) in [6.07, 6.45) is 4.76. The van der Waals surface area contributed by atoms with Crippen LogP contribution in [0.3, 0.4) is 0 Å². The number of fused-ring (bicyclic) bond motifs is 1. The summed E-state index contributed by atoms with van der Waals surface area (Å²) >= 11 is 0. The van der Waals surface area contributed by atoms with Crippen LogP contribution in [0.5, 0.6) is 11.5 Å². The van der Waals surface area contributed by atoms with Crippen molar-refractivity contribution in [3.8, 4) is 11.5 Å². The molecule has 0 atom stereocenters. The van der Waals surface area contributed by atoms with Crippen molar-refractivity contribution in [1.29, 1.82) is 0 Å². The Balaban J connectivity index is 1.58. The number of nitrogens with zero attached hydrogens (tertiary/aromatic N) is 1. The predicted octanol–water partition coefficient (Wildman–Crippen LogP) is 4.23. The maximum Gasteiger partial charge on any atom is 0.343 e. The number of rotatable bonds is 3. The Kier molecular flexibility index (Phi) is 4.26. The van der Waals surface area contributed by atoms with Gasteiger partial charge in [0.25, 0.3) is 0 Å². The summed E-state index contributed by atoms with van der Waals surface area (Å²) in [6, 6.07) is 15.6. The third kappa shape index (κ3) is 3.35. The van der Waals surface area contributed by atoms with E-state index in [4.69, 9.17) is 9.47 Å². The van der Waals surface area contributed by atoms with Gasteiger partial charge in [-0.15, -0.1) is 0 Å². The van der Waals surface area contributed by atoms with Crippen LogP contribution in [0.4, 0.5) is 0 Å². The van der Waals surface area contributed by atoms with Gasteiger partial charge in [-0.3, -0.25) is 9.78 Å². The lowest BCUT2D eigenvalue weighted by Gasteiger charge is -2.05. The molecule has 0 spiro atoms. The van der Waals surface area contributed by atoms with Gasteiger partial charge >= 0.3 is 5.97 Å². The minimum atomic E-state index is -0.502. The summed E-state index contributed by atoms with van der Waals surface area (Å²) in [5, 5.41) is 0. The van der Waals surface area contributed by atoms with E-state index in [-0.39, 0.29) is 11.5 Å². The van der Waals surface area contributed by atoms with Gasteiger partial charge in [0.1, 0.15) is 11.5 Å². The molecule has 1 aromatic heterocycles. The van der Waals surface area contributed by atoms with E-state index in [1.807, 2.05) is 31.2 Å². The minimum absolute atomic E-state index is 0.194. The maximum atomic E-state index is 12.6. The molecule has 27 heavy (non-hydrogen) atoms. The highest BCUT2D eigenvalue weighted by molar-refractivity contribution is 6.14. The summed E-state index contributed by atoms with van der Waals surface area (Å²) < 4.78 is 11.1. The standard InChI is InChI=1S/C22H15NO4/c1-14-4-2-3-5-16(14)12-20-21(24)18-7-6-17(13-19(18)27-20)26-22(25)15-8-10-23-11-9-15/h2-13H,1H3/b20-12-. The van der Waals surface area contributed by atoms with E-state index in [2.05, 4.69) is 4.98 Å². The highest BCUT2D eigenvalue weighted by atomic mass is 16.5. The van der Waals surface area contributed by atoms with Crippen LogP contribution in [-0.4, -0.2) is 16.7 Å². The van der Waals surface area contributed by atoms with Gasteiger partial charge in [0.15, 0.2) is 5.76 Å². The molecule has 1 aliphatic heterocycles. The van der Waals surface area contributed by atoms with Crippen molar-refractivity contribution in [2.24, 2.45) is 0 Å². The molecule has 0 saturated heterocycles. The second kappa shape index (κ2) is 6.88. The van der Waals surface area contributed by atoms with Crippen LogP contribution in [0.25, 0.3) is 6.08 Å². The summed E-state index contributed by atoms with van der Waals surface area (Å²) in [5.41, 5.74) is 2.79. The van der Waals surface area contributed by atoms with Gasteiger partial charge in [0, 0.05) is 18.5 Å². The molecule has 4 rings (SSSR count). The number of carbonyl (C=O) groups is 2. The van der Waals surface area contributed by atoms with E-state index in [0.29, 0.717) is 22.6 Å². The fraction of sp³-hybridized carbons (Fsp3) is 0.0455. The van der Waals surface area contributed by atoms with Crippen LogP contribution < -0.4 is 9.47 Å². The van der Waals surface area contributed by atoms with Crippen molar-refractivity contribution in [2.45, 2.75) is 6.92 Å². The largest absolute Gasteiger partial charge is 0.452 e. The van der Waals surface area contributed by atoms with Crippen LogP contribution >= 0.6 is 0 Å². The summed E-state index contributed by atoms with van der Waals surface area (Å²) in [7, 11) is 0. The van der Waals surface area contributed by atoms with Gasteiger partial charge < -0.3 is 9.47 Å². The van der Waals surface area contributed by atoms with Gasteiger partial charge in [-0.1, -0.05) is 24.3 Å². The lowest BCUT2D eigenvalue weighted by molar-refractivity contribution is 0.0734. The summed E-state index contributed by atoms with van der Waals surface area (Å²) in [6.45, 7) is 1.97. The molecular formula is C22H15NO4. The molecule has 0 aliphatic carbocycles. The van der Waals surface area contributed by atoms with Crippen LogP contribution in [0.1, 0.15) is 31.8 Å². The molecule has 0 unspecified atom stereocenters. The molecule has 2 heterocycles. The van der Waals surface area contributed by atoms with Crippen molar-refractivity contribution in [3.63, 3.8) is 0 Å². The van der Waals surface area contributed by atoms with Crippen molar-refractivity contribution >= 4 is 17.8 Å². The first-order valence-electron chi connectivity index (χ1n) is 8.38. The molecular weight excluding hydrogens is 342 g/mol. The number of aryl methyl sites for hydroxylation is 1. The van der Waals surface area contributed by atoms with Crippen LogP contribution in [0, 0.1) is 6.92 Å². The predicted molar refractivity (Wildman–Crippen MR) is 99.8 cm³/mol. The Bertz CT molecular complexity index is 1070. The zero-order valence-electron chi connectivity index (χ0n) is 14.5. The first kappa shape index (κ1) is 16.7. The van der Waals surface area contributed by atoms with Crippen molar-refractivity contribution in [1.82, 2.24) is 4.98 Å². The van der Waals surface area contributed by atoms with Gasteiger partial charge in [-0.2, -0.15) is 0 Å². The van der Waals surface area contributed by atoms with E-state index in [1.165, 1.54) is 12.4 Å². The number of hydrogen-bond acceptors (Lipinski definition) is 5. The number of aromatic nitrogens is 1. The van der Waals surface area contributed by atoms with E-state index < -0.39 is 5.97 Å². The Morgan fingerprint density at radius 1 is 1.07 bits per heavy atom. The minimum Gasteiger partial charge on any atom is -0.452 e. The second-order valence-electron chi connectivity index (χ2n) is 6.08. The second-order valence-corrected chi connectivity index (χ2v) is 6.08. The van der Waals surface area contributed by atoms with Gasteiger partial charge in [0.05, 0.1) is 11.1 Å². The topological polar surface area (TPSA) is 65.5 Å². The molecule has 0 bridgehead atoms. The number of esters is 1. The molecule has 3 aromatic rings.